The number of nitrogens with zero attached hydrogens (tertiary/aromatic N) is 2. The Morgan fingerprint density at radius 2 is 2.21 bits per heavy atom. The first kappa shape index (κ1) is 14.2. The minimum atomic E-state index is -2.70. The zero-order valence-corrected chi connectivity index (χ0v) is 12.0. The van der Waals surface area contributed by atoms with E-state index in [2.05, 4.69) is 14.9 Å². The summed E-state index contributed by atoms with van der Waals surface area (Å²) in [4.78, 5) is 0.326. The van der Waals surface area contributed by atoms with Crippen LogP contribution in [-0.4, -0.2) is 14.6 Å². The first-order chi connectivity index (χ1) is 8.99. The first-order valence-corrected chi connectivity index (χ1v) is 6.73. The fraction of sp³-hybridized carbons (Fsp3) is 0.182. The van der Waals surface area contributed by atoms with E-state index in [4.69, 9.17) is 23.8 Å². The van der Waals surface area contributed by atoms with Crippen LogP contribution in [0.15, 0.2) is 18.2 Å². The average molecular weight is 320 g/mol. The van der Waals surface area contributed by atoms with Crippen LogP contribution in [0.25, 0.3) is 0 Å². The highest BCUT2D eigenvalue weighted by molar-refractivity contribution is 7.81. The molecule has 19 heavy (non-hydrogen) atoms. The quantitative estimate of drug-likeness (QED) is 0.859. The van der Waals surface area contributed by atoms with Gasteiger partial charge in [-0.1, -0.05) is 34.4 Å². The zero-order valence-electron chi connectivity index (χ0n) is 9.65. The van der Waals surface area contributed by atoms with Crippen LogP contribution in [0.2, 0.25) is 5.02 Å². The third-order valence-corrected chi connectivity index (χ3v) is 3.96. The number of hydrogen-bond donors (Lipinski definition) is 1. The molecule has 2 rings (SSSR count). The van der Waals surface area contributed by atoms with E-state index in [1.54, 1.807) is 12.1 Å². The van der Waals surface area contributed by atoms with Crippen molar-refractivity contribution in [2.24, 2.45) is 0 Å². The van der Waals surface area contributed by atoms with Gasteiger partial charge in [0.25, 0.3) is 6.43 Å². The molecule has 0 aliphatic carbocycles. The Kier molecular flexibility index (Phi) is 4.38. The Labute approximate surface area is 122 Å². The summed E-state index contributed by atoms with van der Waals surface area (Å²) in [5.74, 6) is 0. The summed E-state index contributed by atoms with van der Waals surface area (Å²) in [6.07, 6.45) is -2.70. The van der Waals surface area contributed by atoms with E-state index in [1.165, 1.54) is 0 Å². The average Bonchev–Trinajstić information content (AvgIpc) is 2.83. The maximum absolute atomic E-state index is 12.7. The van der Waals surface area contributed by atoms with E-state index < -0.39 is 12.1 Å². The van der Waals surface area contributed by atoms with Crippen molar-refractivity contribution < 1.29 is 8.78 Å². The Balaban J connectivity index is 2.21. The summed E-state index contributed by atoms with van der Waals surface area (Å²) in [7, 11) is 0. The summed E-state index contributed by atoms with van der Waals surface area (Å²) in [6, 6.07) is 5.26. The van der Waals surface area contributed by atoms with E-state index in [0.717, 1.165) is 17.1 Å². The Morgan fingerprint density at radius 3 is 2.84 bits per heavy atom. The topological polar surface area (TPSA) is 37.8 Å². The lowest BCUT2D eigenvalue weighted by atomic mass is 10.2. The van der Waals surface area contributed by atoms with Crippen LogP contribution < -0.4 is 5.32 Å². The molecule has 0 amide bonds. The Bertz CT molecular complexity index is 616. The number of alkyl halides is 2. The minimum absolute atomic E-state index is 0.158. The second-order valence-electron chi connectivity index (χ2n) is 3.71. The van der Waals surface area contributed by atoms with Crippen molar-refractivity contribution in [2.45, 2.75) is 13.3 Å². The molecule has 1 aromatic carbocycles. The highest BCUT2D eigenvalue weighted by Gasteiger charge is 2.21. The van der Waals surface area contributed by atoms with Crippen molar-refractivity contribution in [2.75, 3.05) is 5.32 Å². The number of anilines is 1. The number of benzene rings is 1. The molecule has 100 valence electrons. The lowest BCUT2D eigenvalue weighted by molar-refractivity contribution is 0.146. The number of aromatic nitrogens is 2. The van der Waals surface area contributed by atoms with Gasteiger partial charge in [-0.2, -0.15) is 0 Å². The van der Waals surface area contributed by atoms with Gasteiger partial charge in [0.2, 0.25) is 0 Å². The minimum Gasteiger partial charge on any atom is -0.345 e. The van der Waals surface area contributed by atoms with Gasteiger partial charge in [0.05, 0.1) is 0 Å². The molecule has 3 nitrogen and oxygen atoms in total. The fourth-order valence-corrected chi connectivity index (χ4v) is 2.44. The molecule has 0 fully saturated rings. The van der Waals surface area contributed by atoms with Crippen LogP contribution in [0.1, 0.15) is 22.6 Å². The van der Waals surface area contributed by atoms with Crippen molar-refractivity contribution >= 4 is 46.0 Å². The molecule has 1 heterocycles. The highest BCUT2D eigenvalue weighted by Crippen LogP contribution is 2.25. The van der Waals surface area contributed by atoms with Crippen molar-refractivity contribution in [3.8, 4) is 0 Å². The molecule has 0 saturated carbocycles. The van der Waals surface area contributed by atoms with Crippen molar-refractivity contribution in [3.05, 3.63) is 39.4 Å². The molecule has 0 unspecified atom stereocenters. The van der Waals surface area contributed by atoms with Gasteiger partial charge in [0, 0.05) is 10.7 Å². The molecule has 0 radical (unpaired) electrons. The van der Waals surface area contributed by atoms with Gasteiger partial charge < -0.3 is 5.32 Å². The molecular weight excluding hydrogens is 312 g/mol. The summed E-state index contributed by atoms with van der Waals surface area (Å²) >= 11 is 11.9. The van der Waals surface area contributed by atoms with Crippen LogP contribution >= 0.6 is 35.4 Å². The molecular formula is C11H8ClF2N3S2. The highest BCUT2D eigenvalue weighted by atomic mass is 35.5. The summed E-state index contributed by atoms with van der Waals surface area (Å²) in [5, 5.41) is 6.80. The second-order valence-corrected chi connectivity index (χ2v) is 5.28. The predicted octanol–water partition coefficient (Wildman–Crippen LogP) is 4.23. The number of rotatable bonds is 3. The van der Waals surface area contributed by atoms with E-state index >= 15 is 0 Å². The monoisotopic (exact) mass is 319 g/mol. The van der Waals surface area contributed by atoms with Gasteiger partial charge in [-0.3, -0.25) is 0 Å². The number of thiocarbonyl (C=S) groups is 1. The molecule has 0 bridgehead atoms. The number of halogens is 3. The summed E-state index contributed by atoms with van der Waals surface area (Å²) in [5.41, 5.74) is 1.15. The summed E-state index contributed by atoms with van der Waals surface area (Å²) < 4.78 is 28.8. The maximum atomic E-state index is 12.7. The molecule has 1 N–H and O–H groups in total. The second kappa shape index (κ2) is 5.85. The smallest absolute Gasteiger partial charge is 0.283 e. The van der Waals surface area contributed by atoms with Crippen LogP contribution in [0.5, 0.6) is 0 Å². The fourth-order valence-electron chi connectivity index (χ4n) is 1.36. The van der Waals surface area contributed by atoms with Crippen LogP contribution in [0, 0.1) is 6.92 Å². The van der Waals surface area contributed by atoms with Gasteiger partial charge >= 0.3 is 0 Å². The Morgan fingerprint density at radius 1 is 1.47 bits per heavy atom. The largest absolute Gasteiger partial charge is 0.345 e. The van der Waals surface area contributed by atoms with Gasteiger partial charge in [-0.25, -0.2) is 8.78 Å². The van der Waals surface area contributed by atoms with Crippen molar-refractivity contribution in [1.82, 2.24) is 9.59 Å². The molecule has 0 aliphatic heterocycles. The van der Waals surface area contributed by atoms with Crippen LogP contribution in [0.4, 0.5) is 14.5 Å². The normalized spacial score (nSPS) is 10.8. The zero-order chi connectivity index (χ0) is 14.0. The maximum Gasteiger partial charge on any atom is 0.283 e. The lowest BCUT2D eigenvalue weighted by Crippen LogP contribution is -2.11. The van der Waals surface area contributed by atoms with Crippen LogP contribution in [-0.2, 0) is 0 Å². The number of hydrogen-bond acceptors (Lipinski definition) is 4. The summed E-state index contributed by atoms with van der Waals surface area (Å²) in [6.45, 7) is 1.87. The van der Waals surface area contributed by atoms with Gasteiger partial charge in [0.15, 0.2) is 5.69 Å². The molecule has 0 saturated heterocycles. The Hall–Kier alpha value is -1.18. The molecule has 8 heteroatoms. The molecule has 2 aromatic rings. The SMILES string of the molecule is Cc1ccc(NC(=S)c2snnc2C(F)F)cc1Cl. The molecule has 0 spiro atoms. The van der Waals surface area contributed by atoms with E-state index in [1.807, 2.05) is 13.0 Å². The van der Waals surface area contributed by atoms with Crippen LogP contribution in [0.3, 0.4) is 0 Å². The number of aryl methyl sites for hydroxylation is 1. The molecule has 0 atom stereocenters. The standard InChI is InChI=1S/C11H8ClF2N3S2/c1-5-2-3-6(4-7(5)12)15-11(18)9-8(10(13)14)16-17-19-9/h2-4,10H,1H3,(H,15,18). The lowest BCUT2D eigenvalue weighted by Gasteiger charge is -2.08. The van der Waals surface area contributed by atoms with E-state index in [0.29, 0.717) is 10.7 Å². The van der Waals surface area contributed by atoms with Gasteiger partial charge in [-0.15, -0.1) is 5.10 Å². The van der Waals surface area contributed by atoms with E-state index in [9.17, 15) is 8.78 Å². The van der Waals surface area contributed by atoms with Gasteiger partial charge in [-0.05, 0) is 36.2 Å². The third kappa shape index (κ3) is 3.23. The predicted molar refractivity (Wildman–Crippen MR) is 76.4 cm³/mol. The molecule has 1 aromatic heterocycles. The molecule has 0 aliphatic rings. The van der Waals surface area contributed by atoms with Gasteiger partial charge in [0.1, 0.15) is 9.87 Å². The van der Waals surface area contributed by atoms with E-state index in [-0.39, 0.29) is 9.87 Å². The van der Waals surface area contributed by atoms with Crippen molar-refractivity contribution in [3.63, 3.8) is 0 Å². The first-order valence-electron chi connectivity index (χ1n) is 5.17. The number of nitrogens with one attached hydrogen (secondary N) is 1. The third-order valence-electron chi connectivity index (χ3n) is 2.36. The van der Waals surface area contributed by atoms with Crippen molar-refractivity contribution in [1.29, 1.82) is 0 Å².